The summed E-state index contributed by atoms with van der Waals surface area (Å²) in [4.78, 5) is 4.26. The van der Waals surface area contributed by atoms with Crippen LogP contribution < -0.4 is 20.5 Å². The minimum absolute atomic E-state index is 0.476. The smallest absolute Gasteiger partial charge is 0.132 e. The van der Waals surface area contributed by atoms with Gasteiger partial charge in [-0.1, -0.05) is 13.0 Å². The number of nitrogens with one attached hydrogen (secondary N) is 1. The first kappa shape index (κ1) is 19.6. The molecule has 0 aliphatic carbocycles. The summed E-state index contributed by atoms with van der Waals surface area (Å²) >= 11 is 0. The fraction of sp³-hybridized carbons (Fsp3) is 0.350. The van der Waals surface area contributed by atoms with Crippen LogP contribution in [0.15, 0.2) is 46.7 Å². The second kappa shape index (κ2) is 9.10. The molecule has 0 spiro atoms. The van der Waals surface area contributed by atoms with Crippen molar-refractivity contribution < 1.29 is 14.2 Å². The van der Waals surface area contributed by atoms with E-state index < -0.39 is 0 Å². The Morgan fingerprint density at radius 2 is 1.81 bits per heavy atom. The lowest BCUT2D eigenvalue weighted by Crippen LogP contribution is -2.23. The lowest BCUT2D eigenvalue weighted by molar-refractivity contribution is 0.184. The molecule has 0 bridgehead atoms. The number of allylic oxidation sites excluding steroid dienone is 4. The van der Waals surface area contributed by atoms with Crippen molar-refractivity contribution in [3.8, 4) is 11.5 Å². The van der Waals surface area contributed by atoms with Crippen LogP contribution in [-0.4, -0.2) is 34.1 Å². The zero-order valence-electron chi connectivity index (χ0n) is 16.1. The van der Waals surface area contributed by atoms with Crippen LogP contribution in [0.1, 0.15) is 24.5 Å². The fourth-order valence-corrected chi connectivity index (χ4v) is 2.88. The maximum atomic E-state index is 6.29. The monoisotopic (exact) mass is 357 g/mol. The first-order valence-corrected chi connectivity index (χ1v) is 8.44. The number of hydrogen-bond acceptors (Lipinski definition) is 6. The van der Waals surface area contributed by atoms with Gasteiger partial charge in [0, 0.05) is 14.2 Å². The molecule has 6 heteroatoms. The molecule has 26 heavy (non-hydrogen) atoms. The third-order valence-electron chi connectivity index (χ3n) is 4.15. The summed E-state index contributed by atoms with van der Waals surface area (Å²) in [6.07, 6.45) is 6.59. The highest BCUT2D eigenvalue weighted by Gasteiger charge is 2.20. The third kappa shape index (κ3) is 4.08. The van der Waals surface area contributed by atoms with Gasteiger partial charge in [-0.25, -0.2) is 0 Å². The summed E-state index contributed by atoms with van der Waals surface area (Å²) in [6, 6.07) is 3.89. The number of rotatable bonds is 7. The number of nitrogens with two attached hydrogens (primary N) is 1. The Bertz CT molecular complexity index is 752. The molecule has 0 unspecified atom stereocenters. The molecule has 1 aliphatic heterocycles. The molecular weight excluding hydrogens is 330 g/mol. The highest BCUT2D eigenvalue weighted by Crippen LogP contribution is 2.37. The van der Waals surface area contributed by atoms with Crippen LogP contribution in [0.25, 0.3) is 5.70 Å². The van der Waals surface area contributed by atoms with Crippen LogP contribution in [0.4, 0.5) is 0 Å². The van der Waals surface area contributed by atoms with Gasteiger partial charge in [-0.05, 0) is 36.3 Å². The molecular formula is C20H27N3O3. The predicted octanol–water partition coefficient (Wildman–Crippen LogP) is 3.00. The molecule has 1 aliphatic rings. The maximum Gasteiger partial charge on any atom is 0.132 e. The zero-order valence-corrected chi connectivity index (χ0v) is 16.1. The van der Waals surface area contributed by atoms with Gasteiger partial charge in [-0.2, -0.15) is 0 Å². The van der Waals surface area contributed by atoms with Gasteiger partial charge in [0.2, 0.25) is 0 Å². The Balaban J connectivity index is 2.50. The molecule has 3 N–H and O–H groups in total. The van der Waals surface area contributed by atoms with Crippen molar-refractivity contribution in [2.45, 2.75) is 20.0 Å². The van der Waals surface area contributed by atoms with Crippen molar-refractivity contribution in [1.29, 1.82) is 0 Å². The summed E-state index contributed by atoms with van der Waals surface area (Å²) in [5, 5.41) is 3.38. The van der Waals surface area contributed by atoms with Gasteiger partial charge < -0.3 is 25.3 Å². The highest BCUT2D eigenvalue weighted by molar-refractivity contribution is 6.00. The Morgan fingerprint density at radius 1 is 1.15 bits per heavy atom. The minimum atomic E-state index is 0.476. The van der Waals surface area contributed by atoms with Crippen molar-refractivity contribution >= 4 is 11.4 Å². The number of ether oxygens (including phenoxy) is 3. The molecule has 0 fully saturated rings. The van der Waals surface area contributed by atoms with Gasteiger partial charge in [0.25, 0.3) is 0 Å². The van der Waals surface area contributed by atoms with Crippen LogP contribution in [0.3, 0.4) is 0 Å². The largest absolute Gasteiger partial charge is 0.496 e. The molecule has 0 saturated carbocycles. The van der Waals surface area contributed by atoms with E-state index >= 15 is 0 Å². The molecule has 0 atom stereocenters. The Morgan fingerprint density at radius 3 is 2.31 bits per heavy atom. The summed E-state index contributed by atoms with van der Waals surface area (Å²) in [5.41, 5.74) is 11.2. The molecule has 0 radical (unpaired) electrons. The molecule has 1 aromatic carbocycles. The van der Waals surface area contributed by atoms with Crippen LogP contribution >= 0.6 is 0 Å². The highest BCUT2D eigenvalue weighted by atomic mass is 16.5. The van der Waals surface area contributed by atoms with E-state index in [1.807, 2.05) is 37.3 Å². The van der Waals surface area contributed by atoms with E-state index in [2.05, 4.69) is 10.3 Å². The number of nitrogens with zero attached hydrogens (tertiary/aromatic N) is 1. The van der Waals surface area contributed by atoms with Crippen molar-refractivity contribution in [2.24, 2.45) is 10.7 Å². The lowest BCUT2D eigenvalue weighted by atomic mass is 10.0. The molecule has 0 saturated heterocycles. The minimum Gasteiger partial charge on any atom is -0.496 e. The van der Waals surface area contributed by atoms with E-state index in [9.17, 15) is 0 Å². The number of methoxy groups -OCH3 is 3. The summed E-state index contributed by atoms with van der Waals surface area (Å²) < 4.78 is 16.4. The third-order valence-corrected chi connectivity index (χ3v) is 4.15. The summed E-state index contributed by atoms with van der Waals surface area (Å²) in [5.74, 6) is 1.39. The van der Waals surface area contributed by atoms with E-state index in [0.717, 1.165) is 34.7 Å². The van der Waals surface area contributed by atoms with Gasteiger partial charge in [-0.3, -0.25) is 4.99 Å². The molecule has 140 valence electrons. The zero-order chi connectivity index (χ0) is 19.1. The number of benzene rings is 1. The molecule has 6 nitrogen and oxygen atoms in total. The number of dihydropyridines is 1. The van der Waals surface area contributed by atoms with Crippen molar-refractivity contribution in [1.82, 2.24) is 5.32 Å². The molecule has 0 amide bonds. The van der Waals surface area contributed by atoms with Gasteiger partial charge >= 0.3 is 0 Å². The standard InChI is InChI=1S/C20H27N3O3/c1-6-14(22-2)20(21)16-9-7-8-15(23-16)19-17(25-4)10-13(12-24-3)11-18(19)26-5/h7-11,23H,6,12,21H2,1-5H3/b20-16+,22-14-. The average molecular weight is 357 g/mol. The predicted molar refractivity (Wildman–Crippen MR) is 105 cm³/mol. The Hall–Kier alpha value is -2.73. The number of aliphatic imine (C=N–C) groups is 1. The SMILES string of the molecule is CCC(=N/C)/C(N)=C1/C=CC=C(c2c(OC)cc(COC)cc2OC)N1. The van der Waals surface area contributed by atoms with Crippen molar-refractivity contribution in [3.05, 3.63) is 52.9 Å². The van der Waals surface area contributed by atoms with Crippen LogP contribution in [0.2, 0.25) is 0 Å². The van der Waals surface area contributed by atoms with Crippen molar-refractivity contribution in [2.75, 3.05) is 28.4 Å². The summed E-state index contributed by atoms with van der Waals surface area (Å²) in [6.45, 7) is 2.50. The fourth-order valence-electron chi connectivity index (χ4n) is 2.88. The van der Waals surface area contributed by atoms with E-state index in [1.54, 1.807) is 28.4 Å². The van der Waals surface area contributed by atoms with E-state index in [4.69, 9.17) is 19.9 Å². The molecule has 1 aromatic rings. The number of hydrogen-bond donors (Lipinski definition) is 2. The van der Waals surface area contributed by atoms with Crippen LogP contribution in [0.5, 0.6) is 11.5 Å². The summed E-state index contributed by atoms with van der Waals surface area (Å²) in [7, 11) is 6.68. The lowest BCUT2D eigenvalue weighted by Gasteiger charge is -2.22. The first-order chi connectivity index (χ1) is 12.6. The molecule has 2 rings (SSSR count). The topological polar surface area (TPSA) is 78.1 Å². The molecule has 1 heterocycles. The van der Waals surface area contributed by atoms with Gasteiger partial charge in [-0.15, -0.1) is 0 Å². The quantitative estimate of drug-likeness (QED) is 0.734. The second-order valence-electron chi connectivity index (χ2n) is 5.72. The average Bonchev–Trinajstić information content (AvgIpc) is 2.68. The van der Waals surface area contributed by atoms with E-state index in [1.165, 1.54) is 0 Å². The molecule has 0 aromatic heterocycles. The van der Waals surface area contributed by atoms with Gasteiger partial charge in [0.15, 0.2) is 0 Å². The van der Waals surface area contributed by atoms with Gasteiger partial charge in [0.1, 0.15) is 11.5 Å². The van der Waals surface area contributed by atoms with Crippen LogP contribution in [0, 0.1) is 0 Å². The van der Waals surface area contributed by atoms with Crippen LogP contribution in [-0.2, 0) is 11.3 Å². The van der Waals surface area contributed by atoms with E-state index in [0.29, 0.717) is 23.8 Å². The normalized spacial score (nSPS) is 16.0. The van der Waals surface area contributed by atoms with E-state index in [-0.39, 0.29) is 0 Å². The van der Waals surface area contributed by atoms with Gasteiger partial charge in [0.05, 0.1) is 49.2 Å². The first-order valence-electron chi connectivity index (χ1n) is 8.44. The second-order valence-corrected chi connectivity index (χ2v) is 5.72. The van der Waals surface area contributed by atoms with Crippen molar-refractivity contribution in [3.63, 3.8) is 0 Å². The maximum absolute atomic E-state index is 6.29. The Labute approximate surface area is 155 Å². The Kier molecular flexibility index (Phi) is 6.86.